The van der Waals surface area contributed by atoms with Gasteiger partial charge in [0.1, 0.15) is 6.10 Å². The van der Waals surface area contributed by atoms with Gasteiger partial charge in [-0.15, -0.1) is 0 Å². The molecule has 0 aromatic heterocycles. The van der Waals surface area contributed by atoms with Crippen LogP contribution in [0.5, 0.6) is 0 Å². The molecule has 0 aliphatic heterocycles. The zero-order valence-corrected chi connectivity index (χ0v) is 15.3. The molecular formula is C14H29BrO2Si. The zero-order valence-electron chi connectivity index (χ0n) is 12.7. The number of unbranched alkanes of at least 4 members (excludes halogenated alkanes) is 1. The first kappa shape index (κ1) is 18.4. The van der Waals surface area contributed by atoms with Crippen molar-refractivity contribution in [2.45, 2.75) is 77.3 Å². The van der Waals surface area contributed by atoms with Crippen LogP contribution in [0.25, 0.3) is 0 Å². The van der Waals surface area contributed by atoms with E-state index in [1.54, 1.807) is 0 Å². The molecule has 0 spiro atoms. The highest BCUT2D eigenvalue weighted by atomic mass is 79.9. The Labute approximate surface area is 122 Å². The lowest BCUT2D eigenvalue weighted by Gasteiger charge is -2.40. The van der Waals surface area contributed by atoms with Gasteiger partial charge in [-0.1, -0.05) is 63.0 Å². The molecule has 0 unspecified atom stereocenters. The second-order valence-corrected chi connectivity index (χ2v) is 12.2. The molecule has 0 rings (SSSR count). The van der Waals surface area contributed by atoms with Gasteiger partial charge in [-0.05, 0) is 24.6 Å². The van der Waals surface area contributed by atoms with E-state index in [4.69, 9.17) is 4.43 Å². The van der Waals surface area contributed by atoms with Crippen LogP contribution in [0.15, 0.2) is 11.1 Å². The van der Waals surface area contributed by atoms with Crippen molar-refractivity contribution in [2.75, 3.05) is 0 Å². The maximum Gasteiger partial charge on any atom is 0.192 e. The Bertz CT molecular complexity index is 271. The normalized spacial score (nSPS) is 16.4. The van der Waals surface area contributed by atoms with Crippen LogP contribution in [0.3, 0.4) is 0 Å². The molecule has 0 amide bonds. The third-order valence-corrected chi connectivity index (χ3v) is 8.74. The number of halogens is 1. The van der Waals surface area contributed by atoms with Crippen LogP contribution in [0, 0.1) is 0 Å². The third-order valence-electron chi connectivity index (χ3n) is 3.77. The highest BCUT2D eigenvalue weighted by Crippen LogP contribution is 2.38. The van der Waals surface area contributed by atoms with Crippen LogP contribution in [0.4, 0.5) is 0 Å². The summed E-state index contributed by atoms with van der Waals surface area (Å²) in [4.78, 5) is 0. The monoisotopic (exact) mass is 336 g/mol. The average molecular weight is 337 g/mol. The van der Waals surface area contributed by atoms with Gasteiger partial charge in [-0.2, -0.15) is 0 Å². The van der Waals surface area contributed by atoms with E-state index in [9.17, 15) is 5.11 Å². The van der Waals surface area contributed by atoms with Crippen LogP contribution in [0.2, 0.25) is 18.1 Å². The van der Waals surface area contributed by atoms with Crippen molar-refractivity contribution in [3.05, 3.63) is 11.1 Å². The summed E-state index contributed by atoms with van der Waals surface area (Å²) in [5, 5.41) is 10.4. The van der Waals surface area contributed by atoms with Crippen LogP contribution >= 0.6 is 15.9 Å². The van der Waals surface area contributed by atoms with E-state index < -0.39 is 14.4 Å². The van der Waals surface area contributed by atoms with Crippen molar-refractivity contribution >= 4 is 24.2 Å². The van der Waals surface area contributed by atoms with Gasteiger partial charge in [-0.3, -0.25) is 0 Å². The van der Waals surface area contributed by atoms with Crippen LogP contribution in [-0.2, 0) is 4.43 Å². The minimum Gasteiger partial charge on any atom is -0.411 e. The van der Waals surface area contributed by atoms with Crippen LogP contribution in [0.1, 0.15) is 47.0 Å². The Morgan fingerprint density at radius 1 is 1.39 bits per heavy atom. The van der Waals surface area contributed by atoms with E-state index in [0.29, 0.717) is 4.48 Å². The molecule has 0 radical (unpaired) electrons. The molecular weight excluding hydrogens is 308 g/mol. The van der Waals surface area contributed by atoms with E-state index in [1.807, 2.05) is 0 Å². The summed E-state index contributed by atoms with van der Waals surface area (Å²) < 4.78 is 6.94. The molecule has 0 aromatic rings. The number of aliphatic hydroxyl groups is 1. The Hall–Kier alpha value is 0.357. The van der Waals surface area contributed by atoms with Gasteiger partial charge in [0.25, 0.3) is 0 Å². The minimum atomic E-state index is -1.85. The Kier molecular flexibility index (Phi) is 7.37. The highest BCUT2D eigenvalue weighted by Gasteiger charge is 2.40. The summed E-state index contributed by atoms with van der Waals surface area (Å²) in [6, 6.07) is 0. The predicted molar refractivity (Wildman–Crippen MR) is 85.7 cm³/mol. The van der Waals surface area contributed by atoms with E-state index in [1.165, 1.54) is 0 Å². The number of hydrogen-bond acceptors (Lipinski definition) is 2. The molecule has 0 aliphatic carbocycles. The van der Waals surface area contributed by atoms with Gasteiger partial charge in [0.15, 0.2) is 8.32 Å². The molecule has 2 atom stereocenters. The van der Waals surface area contributed by atoms with Crippen molar-refractivity contribution in [1.29, 1.82) is 0 Å². The lowest BCUT2D eigenvalue weighted by Crippen LogP contribution is -2.47. The third kappa shape index (κ3) is 5.55. The van der Waals surface area contributed by atoms with E-state index >= 15 is 0 Å². The Morgan fingerprint density at radius 3 is 2.22 bits per heavy atom. The lowest BCUT2D eigenvalue weighted by atomic mass is 10.1. The fourth-order valence-corrected chi connectivity index (χ4v) is 3.10. The summed E-state index contributed by atoms with van der Waals surface area (Å²) in [6.45, 7) is 17.0. The molecule has 0 fully saturated rings. The predicted octanol–water partition coefficient (Wildman–Crippen LogP) is 4.84. The maximum atomic E-state index is 10.2. The molecule has 18 heavy (non-hydrogen) atoms. The SMILES string of the molecule is C=C(Br)[C@H](O)[C@@H](CCCC)O[Si](C)(C)C(C)(C)C. The Balaban J connectivity index is 4.83. The van der Waals surface area contributed by atoms with Gasteiger partial charge in [0.05, 0.1) is 6.10 Å². The molecule has 0 saturated heterocycles. The second-order valence-electron chi connectivity index (χ2n) is 6.45. The van der Waals surface area contributed by atoms with E-state index in [0.717, 1.165) is 19.3 Å². The molecule has 2 nitrogen and oxygen atoms in total. The standard InChI is InChI=1S/C14H29BrO2Si/c1-8-9-10-12(13(16)11(2)15)17-18(6,7)14(3,4)5/h12-13,16H,2,8-10H2,1,3-7H3/t12-,13+/m1/s1. The topological polar surface area (TPSA) is 29.5 Å². The van der Waals surface area contributed by atoms with E-state index in [-0.39, 0.29) is 11.1 Å². The maximum absolute atomic E-state index is 10.2. The molecule has 0 aliphatic rings. The second kappa shape index (κ2) is 7.22. The lowest BCUT2D eigenvalue weighted by molar-refractivity contribution is 0.0483. The van der Waals surface area contributed by atoms with Crippen molar-refractivity contribution in [2.24, 2.45) is 0 Å². The van der Waals surface area contributed by atoms with Crippen molar-refractivity contribution in [1.82, 2.24) is 0 Å². The summed E-state index contributed by atoms with van der Waals surface area (Å²) in [7, 11) is -1.85. The minimum absolute atomic E-state index is 0.141. The van der Waals surface area contributed by atoms with E-state index in [2.05, 4.69) is 63.3 Å². The van der Waals surface area contributed by atoms with Gasteiger partial charge < -0.3 is 9.53 Å². The van der Waals surface area contributed by atoms with Gasteiger partial charge >= 0.3 is 0 Å². The zero-order chi connectivity index (χ0) is 14.6. The smallest absolute Gasteiger partial charge is 0.192 e. The highest BCUT2D eigenvalue weighted by molar-refractivity contribution is 9.11. The van der Waals surface area contributed by atoms with Gasteiger partial charge in [0.2, 0.25) is 0 Å². The average Bonchev–Trinajstić information content (AvgIpc) is 2.21. The van der Waals surface area contributed by atoms with Crippen molar-refractivity contribution < 1.29 is 9.53 Å². The van der Waals surface area contributed by atoms with Crippen molar-refractivity contribution in [3.8, 4) is 0 Å². The summed E-state index contributed by atoms with van der Waals surface area (Å²) in [5.41, 5.74) is 0. The fourth-order valence-electron chi connectivity index (χ4n) is 1.44. The van der Waals surface area contributed by atoms with Crippen LogP contribution < -0.4 is 0 Å². The summed E-state index contributed by atoms with van der Waals surface area (Å²) >= 11 is 3.28. The molecule has 108 valence electrons. The molecule has 0 saturated carbocycles. The number of hydrogen-bond donors (Lipinski definition) is 1. The van der Waals surface area contributed by atoms with Crippen LogP contribution in [-0.4, -0.2) is 25.6 Å². The largest absolute Gasteiger partial charge is 0.411 e. The molecule has 1 N–H and O–H groups in total. The molecule has 0 bridgehead atoms. The number of aliphatic hydroxyl groups excluding tert-OH is 1. The van der Waals surface area contributed by atoms with Gasteiger partial charge in [0, 0.05) is 4.48 Å². The first-order valence-electron chi connectivity index (χ1n) is 6.73. The molecule has 0 aromatic carbocycles. The summed E-state index contributed by atoms with van der Waals surface area (Å²) in [6.07, 6.45) is 2.30. The molecule has 0 heterocycles. The number of rotatable bonds is 7. The fraction of sp³-hybridized carbons (Fsp3) is 0.857. The Morgan fingerprint density at radius 2 is 1.89 bits per heavy atom. The molecule has 4 heteroatoms. The first-order valence-corrected chi connectivity index (χ1v) is 10.4. The van der Waals surface area contributed by atoms with Crippen molar-refractivity contribution in [3.63, 3.8) is 0 Å². The quantitative estimate of drug-likeness (QED) is 0.674. The van der Waals surface area contributed by atoms with Gasteiger partial charge in [-0.25, -0.2) is 0 Å². The first-order chi connectivity index (χ1) is 8.03. The summed E-state index contributed by atoms with van der Waals surface area (Å²) in [5.74, 6) is 0.